The lowest BCUT2D eigenvalue weighted by molar-refractivity contribution is -0.250. The number of hydrogen-bond donors (Lipinski definition) is 1. The fourth-order valence-electron chi connectivity index (χ4n) is 2.63. The second-order valence-electron chi connectivity index (χ2n) is 6.86. The molecule has 1 aliphatic heterocycles. The van der Waals surface area contributed by atoms with Crippen LogP contribution < -0.4 is 5.73 Å². The van der Waals surface area contributed by atoms with Crippen LogP contribution in [-0.2, 0) is 19.0 Å². The van der Waals surface area contributed by atoms with Gasteiger partial charge in [0.25, 0.3) is 0 Å². The van der Waals surface area contributed by atoms with Gasteiger partial charge < -0.3 is 19.9 Å². The first-order valence-electron chi connectivity index (χ1n) is 8.15. The molecule has 0 aromatic heterocycles. The van der Waals surface area contributed by atoms with E-state index in [1.807, 2.05) is 51.1 Å². The second-order valence-corrected chi connectivity index (χ2v) is 6.86. The van der Waals surface area contributed by atoms with E-state index < -0.39 is 11.9 Å². The van der Waals surface area contributed by atoms with Crippen molar-refractivity contribution in [2.75, 3.05) is 6.54 Å². The summed E-state index contributed by atoms with van der Waals surface area (Å²) in [5.74, 6) is -0.247. The normalized spacial score (nSPS) is 25.1. The Hall–Kier alpha value is -1.43. The average Bonchev–Trinajstić information content (AvgIpc) is 2.46. The molecule has 0 radical (unpaired) electrons. The Kier molecular flexibility index (Phi) is 6.16. The van der Waals surface area contributed by atoms with Crippen LogP contribution in [0.5, 0.6) is 0 Å². The van der Waals surface area contributed by atoms with Crippen molar-refractivity contribution in [2.24, 2.45) is 5.73 Å². The van der Waals surface area contributed by atoms with Crippen LogP contribution in [0.25, 0.3) is 0 Å². The summed E-state index contributed by atoms with van der Waals surface area (Å²) < 4.78 is 17.3. The summed E-state index contributed by atoms with van der Waals surface area (Å²) >= 11 is 0. The quantitative estimate of drug-likeness (QED) is 0.844. The van der Waals surface area contributed by atoms with Gasteiger partial charge in [0.15, 0.2) is 6.29 Å². The topological polar surface area (TPSA) is 70.8 Å². The second kappa shape index (κ2) is 7.90. The minimum absolute atomic E-state index is 0.00797. The van der Waals surface area contributed by atoms with E-state index in [4.69, 9.17) is 19.9 Å². The minimum atomic E-state index is -0.488. The van der Waals surface area contributed by atoms with Gasteiger partial charge in [-0.05, 0) is 33.7 Å². The molecule has 0 bridgehead atoms. The van der Waals surface area contributed by atoms with Gasteiger partial charge in [-0.25, -0.2) is 0 Å². The number of carbonyl (C=O) groups excluding carboxylic acids is 1. The molecule has 0 unspecified atom stereocenters. The number of carbonyl (C=O) groups is 1. The highest BCUT2D eigenvalue weighted by atomic mass is 16.7. The molecule has 0 spiro atoms. The molecule has 5 heteroatoms. The molecule has 0 saturated carbocycles. The van der Waals surface area contributed by atoms with E-state index in [9.17, 15) is 4.79 Å². The van der Waals surface area contributed by atoms with Crippen molar-refractivity contribution in [2.45, 2.75) is 64.1 Å². The van der Waals surface area contributed by atoms with E-state index in [1.54, 1.807) is 0 Å². The van der Waals surface area contributed by atoms with Crippen molar-refractivity contribution in [3.63, 3.8) is 0 Å². The first-order valence-corrected chi connectivity index (χ1v) is 8.15. The predicted octanol–water partition coefficient (Wildman–Crippen LogP) is 2.94. The molecule has 23 heavy (non-hydrogen) atoms. The van der Waals surface area contributed by atoms with E-state index >= 15 is 0 Å². The zero-order valence-electron chi connectivity index (χ0n) is 14.2. The fraction of sp³-hybridized carbons (Fsp3) is 0.611. The van der Waals surface area contributed by atoms with Crippen LogP contribution in [0, 0.1) is 0 Å². The highest BCUT2D eigenvalue weighted by Gasteiger charge is 2.33. The third-order valence-corrected chi connectivity index (χ3v) is 3.53. The summed E-state index contributed by atoms with van der Waals surface area (Å²) in [7, 11) is 0. The highest BCUT2D eigenvalue weighted by Crippen LogP contribution is 2.32. The summed E-state index contributed by atoms with van der Waals surface area (Å²) in [5, 5.41) is 0. The maximum absolute atomic E-state index is 12.1. The molecule has 2 rings (SSSR count). The summed E-state index contributed by atoms with van der Waals surface area (Å²) in [6.45, 7) is 6.13. The molecule has 0 aliphatic carbocycles. The standard InChI is InChI=1S/C18H27NO4/c1-18(2,3)23-16(20)12-15-11-14(9-10-19)21-17(22-15)13-7-5-4-6-8-13/h4-8,14-15,17H,9-12,19H2,1-3H3/t14-,15-,17-/m1/s1. The lowest BCUT2D eigenvalue weighted by atomic mass is 10.0. The molecule has 1 heterocycles. The SMILES string of the molecule is CC(C)(C)OC(=O)C[C@H]1C[C@@H](CCN)O[C@@H](c2ccccc2)O1. The van der Waals surface area contributed by atoms with Gasteiger partial charge in [-0.15, -0.1) is 0 Å². The van der Waals surface area contributed by atoms with Crippen molar-refractivity contribution >= 4 is 5.97 Å². The molecule has 0 amide bonds. The third kappa shape index (κ3) is 5.94. The Labute approximate surface area is 138 Å². The molecular weight excluding hydrogens is 294 g/mol. The number of rotatable bonds is 5. The number of hydrogen-bond acceptors (Lipinski definition) is 5. The number of nitrogens with two attached hydrogens (primary N) is 1. The van der Waals surface area contributed by atoms with Gasteiger partial charge >= 0.3 is 5.97 Å². The van der Waals surface area contributed by atoms with Crippen LogP contribution in [-0.4, -0.2) is 30.3 Å². The average molecular weight is 321 g/mol. The Morgan fingerprint density at radius 1 is 1.22 bits per heavy atom. The predicted molar refractivity (Wildman–Crippen MR) is 87.7 cm³/mol. The summed E-state index contributed by atoms with van der Waals surface area (Å²) in [4.78, 5) is 12.1. The Morgan fingerprint density at radius 2 is 1.87 bits per heavy atom. The molecule has 1 aromatic rings. The van der Waals surface area contributed by atoms with Crippen LogP contribution >= 0.6 is 0 Å². The molecule has 1 fully saturated rings. The van der Waals surface area contributed by atoms with Crippen LogP contribution in [0.2, 0.25) is 0 Å². The number of ether oxygens (including phenoxy) is 3. The molecule has 1 aromatic carbocycles. The van der Waals surface area contributed by atoms with Crippen LogP contribution in [0.15, 0.2) is 30.3 Å². The molecule has 1 aliphatic rings. The van der Waals surface area contributed by atoms with Crippen molar-refractivity contribution in [1.82, 2.24) is 0 Å². The van der Waals surface area contributed by atoms with Gasteiger partial charge in [-0.1, -0.05) is 30.3 Å². The minimum Gasteiger partial charge on any atom is -0.460 e. The van der Waals surface area contributed by atoms with Gasteiger partial charge in [0, 0.05) is 12.0 Å². The van der Waals surface area contributed by atoms with Crippen LogP contribution in [0.4, 0.5) is 0 Å². The van der Waals surface area contributed by atoms with E-state index in [0.29, 0.717) is 13.0 Å². The first-order chi connectivity index (χ1) is 10.9. The summed E-state index contributed by atoms with van der Waals surface area (Å²) in [6.07, 6.45) is 0.933. The maximum Gasteiger partial charge on any atom is 0.308 e. The summed E-state index contributed by atoms with van der Waals surface area (Å²) in [5.41, 5.74) is 6.12. The van der Waals surface area contributed by atoms with Gasteiger partial charge in [0.05, 0.1) is 18.6 Å². The smallest absolute Gasteiger partial charge is 0.308 e. The van der Waals surface area contributed by atoms with Gasteiger partial charge in [0.2, 0.25) is 0 Å². The fourth-order valence-corrected chi connectivity index (χ4v) is 2.63. The molecule has 1 saturated heterocycles. The largest absolute Gasteiger partial charge is 0.460 e. The molecule has 5 nitrogen and oxygen atoms in total. The van der Waals surface area contributed by atoms with E-state index in [0.717, 1.165) is 12.0 Å². The van der Waals surface area contributed by atoms with Crippen LogP contribution in [0.3, 0.4) is 0 Å². The molecule has 2 N–H and O–H groups in total. The Bertz CT molecular complexity index is 497. The maximum atomic E-state index is 12.1. The third-order valence-electron chi connectivity index (χ3n) is 3.53. The lowest BCUT2D eigenvalue weighted by Gasteiger charge is -2.36. The number of benzene rings is 1. The van der Waals surface area contributed by atoms with E-state index in [1.165, 1.54) is 0 Å². The van der Waals surface area contributed by atoms with Crippen molar-refractivity contribution in [3.8, 4) is 0 Å². The molecule has 128 valence electrons. The van der Waals surface area contributed by atoms with E-state index in [2.05, 4.69) is 0 Å². The van der Waals surface area contributed by atoms with Gasteiger partial charge in [0.1, 0.15) is 5.60 Å². The van der Waals surface area contributed by atoms with Crippen molar-refractivity contribution in [1.29, 1.82) is 0 Å². The zero-order valence-corrected chi connectivity index (χ0v) is 14.2. The molecular formula is C18H27NO4. The number of esters is 1. The highest BCUT2D eigenvalue weighted by molar-refractivity contribution is 5.70. The summed E-state index contributed by atoms with van der Waals surface area (Å²) in [6, 6.07) is 9.75. The monoisotopic (exact) mass is 321 g/mol. The van der Waals surface area contributed by atoms with Crippen molar-refractivity contribution < 1.29 is 19.0 Å². The Balaban J connectivity index is 2.02. The lowest BCUT2D eigenvalue weighted by Crippen LogP contribution is -2.37. The first kappa shape index (κ1) is 17.9. The van der Waals surface area contributed by atoms with Gasteiger partial charge in [-0.3, -0.25) is 4.79 Å². The van der Waals surface area contributed by atoms with Crippen LogP contribution in [0.1, 0.15) is 51.9 Å². The molecule has 3 atom stereocenters. The zero-order chi connectivity index (χ0) is 16.9. The Morgan fingerprint density at radius 3 is 2.48 bits per heavy atom. The van der Waals surface area contributed by atoms with Gasteiger partial charge in [-0.2, -0.15) is 0 Å². The van der Waals surface area contributed by atoms with Crippen molar-refractivity contribution in [3.05, 3.63) is 35.9 Å². The van der Waals surface area contributed by atoms with E-state index in [-0.39, 0.29) is 24.6 Å².